The van der Waals surface area contributed by atoms with E-state index in [1.54, 1.807) is 23.3 Å². The third-order valence-electron chi connectivity index (χ3n) is 3.61. The summed E-state index contributed by atoms with van der Waals surface area (Å²) in [7, 11) is 1.74. The van der Waals surface area contributed by atoms with E-state index in [0.717, 1.165) is 15.6 Å². The molecule has 1 unspecified atom stereocenters. The Morgan fingerprint density at radius 2 is 2.09 bits per heavy atom. The van der Waals surface area contributed by atoms with Crippen molar-refractivity contribution in [1.82, 2.24) is 9.88 Å². The van der Waals surface area contributed by atoms with Crippen molar-refractivity contribution >= 4 is 45.5 Å². The molecule has 8 heteroatoms. The molecular weight excluding hydrogens is 429 g/mol. The Morgan fingerprint density at radius 3 is 2.57 bits per heavy atom. The molecule has 0 bridgehead atoms. The highest BCUT2D eigenvalue weighted by Gasteiger charge is 2.24. The van der Waals surface area contributed by atoms with Crippen LogP contribution in [0.15, 0.2) is 18.2 Å². The molecule has 0 aliphatic rings. The molecule has 0 aliphatic heterocycles. The maximum atomic E-state index is 12.7. The topological polar surface area (TPSA) is 76.3 Å². The molecule has 0 saturated heterocycles. The number of nitro groups is 1. The zero-order chi connectivity index (χ0) is 17.3. The number of carbonyl (C=O) groups is 1. The number of aromatic nitrogens is 1. The number of carbonyl (C=O) groups excluding carboxylic acids is 1. The normalized spacial score (nSPS) is 12.0. The van der Waals surface area contributed by atoms with Crippen LogP contribution in [0.3, 0.4) is 0 Å². The van der Waals surface area contributed by atoms with Gasteiger partial charge in [-0.3, -0.25) is 14.9 Å². The van der Waals surface area contributed by atoms with Gasteiger partial charge >= 0.3 is 0 Å². The Kier molecular flexibility index (Phi) is 5.35. The van der Waals surface area contributed by atoms with E-state index in [2.05, 4.69) is 4.98 Å². The number of hydrogen-bond donors (Lipinski definition) is 0. The number of halogens is 1. The van der Waals surface area contributed by atoms with Gasteiger partial charge in [-0.25, -0.2) is 4.98 Å². The lowest BCUT2D eigenvalue weighted by Gasteiger charge is -2.25. The van der Waals surface area contributed by atoms with Crippen molar-refractivity contribution < 1.29 is 9.72 Å². The van der Waals surface area contributed by atoms with Gasteiger partial charge < -0.3 is 4.90 Å². The first-order chi connectivity index (χ1) is 10.7. The highest BCUT2D eigenvalue weighted by Crippen LogP contribution is 2.30. The molecule has 0 radical (unpaired) electrons. The highest BCUT2D eigenvalue weighted by molar-refractivity contribution is 14.1. The molecule has 122 valence electrons. The van der Waals surface area contributed by atoms with Crippen molar-refractivity contribution in [3.05, 3.63) is 53.0 Å². The van der Waals surface area contributed by atoms with Gasteiger partial charge in [-0.05, 0) is 49.4 Å². The van der Waals surface area contributed by atoms with Gasteiger partial charge in [0.05, 0.1) is 27.2 Å². The average Bonchev–Trinajstić information content (AvgIpc) is 2.83. The Hall–Kier alpha value is -1.55. The van der Waals surface area contributed by atoms with E-state index in [9.17, 15) is 14.9 Å². The number of benzene rings is 1. The second-order valence-electron chi connectivity index (χ2n) is 5.20. The summed E-state index contributed by atoms with van der Waals surface area (Å²) in [5, 5.41) is 11.8. The van der Waals surface area contributed by atoms with Gasteiger partial charge in [0.1, 0.15) is 0 Å². The Labute approximate surface area is 151 Å². The standard InChI is InChI=1S/C15H16IN3O3S/c1-8-14(23-10(3)17-8)9(2)18(4)15(20)12-6-5-11(19(21)22)7-13(12)16/h5-7,9H,1-4H3. The number of nitro benzene ring substituents is 1. The van der Waals surface area contributed by atoms with Crippen molar-refractivity contribution in [1.29, 1.82) is 0 Å². The summed E-state index contributed by atoms with van der Waals surface area (Å²) in [4.78, 5) is 30.1. The quantitative estimate of drug-likeness (QED) is 0.403. The second-order valence-corrected chi connectivity index (χ2v) is 7.59. The minimum absolute atomic E-state index is 0.0180. The third kappa shape index (κ3) is 3.69. The van der Waals surface area contributed by atoms with Crippen LogP contribution >= 0.6 is 33.9 Å². The number of amides is 1. The fourth-order valence-corrected chi connectivity index (χ4v) is 4.02. The van der Waals surface area contributed by atoms with Crippen LogP contribution in [0.1, 0.15) is 38.9 Å². The van der Waals surface area contributed by atoms with Crippen molar-refractivity contribution in [2.24, 2.45) is 0 Å². The van der Waals surface area contributed by atoms with Crippen LogP contribution in [-0.2, 0) is 0 Å². The van der Waals surface area contributed by atoms with Crippen LogP contribution in [0.5, 0.6) is 0 Å². The molecule has 0 fully saturated rings. The van der Waals surface area contributed by atoms with Gasteiger partial charge in [-0.1, -0.05) is 0 Å². The van der Waals surface area contributed by atoms with Crippen LogP contribution in [0, 0.1) is 27.5 Å². The zero-order valence-electron chi connectivity index (χ0n) is 13.2. The van der Waals surface area contributed by atoms with E-state index in [4.69, 9.17) is 0 Å². The van der Waals surface area contributed by atoms with E-state index >= 15 is 0 Å². The van der Waals surface area contributed by atoms with Gasteiger partial charge in [0.15, 0.2) is 0 Å². The SMILES string of the molecule is Cc1nc(C)c(C(C)N(C)C(=O)c2ccc([N+](=O)[O-])cc2I)s1. The van der Waals surface area contributed by atoms with Crippen molar-refractivity contribution in [2.45, 2.75) is 26.8 Å². The molecule has 1 aromatic carbocycles. The van der Waals surface area contributed by atoms with E-state index < -0.39 is 4.92 Å². The number of hydrogen-bond acceptors (Lipinski definition) is 5. The molecule has 23 heavy (non-hydrogen) atoms. The van der Waals surface area contributed by atoms with Crippen LogP contribution in [0.25, 0.3) is 0 Å². The summed E-state index contributed by atoms with van der Waals surface area (Å²) in [6.07, 6.45) is 0. The summed E-state index contributed by atoms with van der Waals surface area (Å²) >= 11 is 3.53. The lowest BCUT2D eigenvalue weighted by Crippen LogP contribution is -2.30. The molecule has 2 aromatic rings. The summed E-state index contributed by atoms with van der Waals surface area (Å²) < 4.78 is 0.568. The first-order valence-corrected chi connectivity index (χ1v) is 8.77. The predicted octanol–water partition coefficient (Wildman–Crippen LogP) is 4.11. The molecule has 0 saturated carbocycles. The molecule has 1 aromatic heterocycles. The Bertz CT molecular complexity index is 775. The third-order valence-corrected chi connectivity index (χ3v) is 5.75. The maximum absolute atomic E-state index is 12.7. The van der Waals surface area contributed by atoms with Crippen molar-refractivity contribution in [2.75, 3.05) is 7.05 Å². The van der Waals surface area contributed by atoms with Gasteiger partial charge in [0.25, 0.3) is 11.6 Å². The number of non-ortho nitro benzene ring substituents is 1. The monoisotopic (exact) mass is 445 g/mol. The molecule has 6 nitrogen and oxygen atoms in total. The lowest BCUT2D eigenvalue weighted by atomic mass is 10.1. The van der Waals surface area contributed by atoms with Crippen LogP contribution in [0.2, 0.25) is 0 Å². The van der Waals surface area contributed by atoms with Gasteiger partial charge in [-0.15, -0.1) is 11.3 Å². The number of aryl methyl sites for hydroxylation is 2. The minimum atomic E-state index is -0.466. The predicted molar refractivity (Wildman–Crippen MR) is 97.9 cm³/mol. The molecule has 0 spiro atoms. The molecule has 1 atom stereocenters. The fourth-order valence-electron chi connectivity index (χ4n) is 2.27. The Morgan fingerprint density at radius 1 is 1.43 bits per heavy atom. The Balaban J connectivity index is 2.29. The first kappa shape index (κ1) is 17.8. The number of nitrogens with zero attached hydrogens (tertiary/aromatic N) is 3. The molecule has 2 rings (SSSR count). The van der Waals surface area contributed by atoms with Gasteiger partial charge in [0, 0.05) is 27.6 Å². The van der Waals surface area contributed by atoms with Gasteiger partial charge in [-0.2, -0.15) is 0 Å². The first-order valence-electron chi connectivity index (χ1n) is 6.87. The number of thiazole rings is 1. The second kappa shape index (κ2) is 6.91. The van der Waals surface area contributed by atoms with Crippen LogP contribution in [0.4, 0.5) is 5.69 Å². The molecule has 0 N–H and O–H groups in total. The van der Waals surface area contributed by atoms with Crippen LogP contribution < -0.4 is 0 Å². The minimum Gasteiger partial charge on any atom is -0.334 e. The highest BCUT2D eigenvalue weighted by atomic mass is 127. The summed E-state index contributed by atoms with van der Waals surface area (Å²) in [6, 6.07) is 4.17. The summed E-state index contributed by atoms with van der Waals surface area (Å²) in [5.41, 5.74) is 1.37. The van der Waals surface area contributed by atoms with Gasteiger partial charge in [0.2, 0.25) is 0 Å². The summed E-state index contributed by atoms with van der Waals surface area (Å²) in [6.45, 7) is 5.83. The number of rotatable bonds is 4. The van der Waals surface area contributed by atoms with E-state index in [-0.39, 0.29) is 17.6 Å². The smallest absolute Gasteiger partial charge is 0.270 e. The average molecular weight is 445 g/mol. The van der Waals surface area contributed by atoms with E-state index in [0.29, 0.717) is 9.13 Å². The maximum Gasteiger partial charge on any atom is 0.270 e. The largest absolute Gasteiger partial charge is 0.334 e. The molecule has 1 heterocycles. The fraction of sp³-hybridized carbons (Fsp3) is 0.333. The zero-order valence-corrected chi connectivity index (χ0v) is 16.1. The van der Waals surface area contributed by atoms with E-state index in [1.165, 1.54) is 18.2 Å². The van der Waals surface area contributed by atoms with E-state index in [1.807, 2.05) is 43.4 Å². The summed E-state index contributed by atoms with van der Waals surface area (Å²) in [5.74, 6) is -0.165. The molecule has 0 aliphatic carbocycles. The van der Waals surface area contributed by atoms with Crippen LogP contribution in [-0.4, -0.2) is 27.8 Å². The van der Waals surface area contributed by atoms with Crippen molar-refractivity contribution in [3.8, 4) is 0 Å². The molecular formula is C15H16IN3O3S. The molecule has 1 amide bonds. The van der Waals surface area contributed by atoms with Crippen molar-refractivity contribution in [3.63, 3.8) is 0 Å². The lowest BCUT2D eigenvalue weighted by molar-refractivity contribution is -0.384.